The molecule has 0 aliphatic rings. The van der Waals surface area contributed by atoms with Gasteiger partial charge in [0.05, 0.1) is 0 Å². The van der Waals surface area contributed by atoms with E-state index in [-0.39, 0.29) is 0 Å². The third kappa shape index (κ3) is 20.4. The number of rotatable bonds is 6. The molecule has 2 atom stereocenters. The van der Waals surface area contributed by atoms with Crippen molar-refractivity contribution in [1.82, 2.24) is 0 Å². The van der Waals surface area contributed by atoms with Crippen molar-refractivity contribution < 1.29 is 17.5 Å². The van der Waals surface area contributed by atoms with Crippen LogP contribution in [0.5, 0.6) is 0 Å². The zero-order valence-electron chi connectivity index (χ0n) is 16.0. The van der Waals surface area contributed by atoms with E-state index in [1.54, 1.807) is 0 Å². The lowest BCUT2D eigenvalue weighted by Crippen LogP contribution is -2.15. The van der Waals surface area contributed by atoms with Gasteiger partial charge in [0.15, 0.2) is 0 Å². The van der Waals surface area contributed by atoms with Gasteiger partial charge in [-0.3, -0.25) is 9.11 Å². The Hall–Kier alpha value is -1.77. The lowest BCUT2D eigenvalue weighted by Gasteiger charge is -2.03. The van der Waals surface area contributed by atoms with E-state index >= 15 is 0 Å². The summed E-state index contributed by atoms with van der Waals surface area (Å²) < 4.78 is 31.6. The smallest absolute Gasteiger partial charge is 0.328 e. The third-order valence-corrected chi connectivity index (χ3v) is 3.46. The minimum absolute atomic E-state index is 0.315. The lowest BCUT2D eigenvalue weighted by molar-refractivity contribution is 0.381. The predicted molar refractivity (Wildman–Crippen MR) is 111 cm³/mol. The largest absolute Gasteiger partial charge is 0.394 e. The molecule has 2 unspecified atom stereocenters. The van der Waals surface area contributed by atoms with Gasteiger partial charge in [-0.15, -0.1) is 0 Å². The van der Waals surface area contributed by atoms with Crippen LogP contribution in [0.25, 0.3) is 0 Å². The minimum Gasteiger partial charge on any atom is -0.328 e. The van der Waals surface area contributed by atoms with Gasteiger partial charge in [-0.1, -0.05) is 60.7 Å². The fraction of sp³-hybridized carbons (Fsp3) is 0.400. The van der Waals surface area contributed by atoms with Crippen LogP contribution in [-0.2, 0) is 23.2 Å². The average Bonchev–Trinajstić information content (AvgIpc) is 2.59. The molecule has 0 aliphatic heterocycles. The molecule has 0 aliphatic carbocycles. The standard InChI is InChI=1S/2C10H15N.H2O4S/c2*1-9(11)7-8-10-5-3-2-4-6-10;1-5(2,3)4/h2*2-6,9H,7-8,11H2,1H3;(H2,1,2,3,4). The van der Waals surface area contributed by atoms with Crippen molar-refractivity contribution in [1.29, 1.82) is 0 Å². The summed E-state index contributed by atoms with van der Waals surface area (Å²) in [7, 11) is -4.67. The van der Waals surface area contributed by atoms with E-state index in [4.69, 9.17) is 29.0 Å². The summed E-state index contributed by atoms with van der Waals surface area (Å²) in [4.78, 5) is 0. The molecular formula is C20H32N2O4S. The Kier molecular flexibility index (Phi) is 13.4. The molecule has 27 heavy (non-hydrogen) atoms. The van der Waals surface area contributed by atoms with Crippen molar-refractivity contribution in [3.63, 3.8) is 0 Å². The second kappa shape index (κ2) is 14.3. The highest BCUT2D eigenvalue weighted by Crippen LogP contribution is 2.03. The highest BCUT2D eigenvalue weighted by Gasteiger charge is 1.95. The number of hydrogen-bond donors (Lipinski definition) is 4. The zero-order valence-corrected chi connectivity index (χ0v) is 16.8. The van der Waals surface area contributed by atoms with E-state index in [0.717, 1.165) is 25.7 Å². The van der Waals surface area contributed by atoms with Gasteiger partial charge in [-0.05, 0) is 50.7 Å². The number of aryl methyl sites for hydroxylation is 2. The molecule has 0 aromatic heterocycles. The summed E-state index contributed by atoms with van der Waals surface area (Å²) in [6, 6.07) is 21.5. The van der Waals surface area contributed by atoms with Gasteiger partial charge < -0.3 is 11.5 Å². The molecular weight excluding hydrogens is 364 g/mol. The molecule has 0 saturated heterocycles. The first-order valence-electron chi connectivity index (χ1n) is 8.86. The molecule has 0 bridgehead atoms. The Morgan fingerprint density at radius 2 is 1.00 bits per heavy atom. The summed E-state index contributed by atoms with van der Waals surface area (Å²) in [6.07, 6.45) is 4.34. The second-order valence-corrected chi connectivity index (χ2v) is 7.35. The first kappa shape index (κ1) is 25.2. The highest BCUT2D eigenvalue weighted by atomic mass is 32.3. The maximum Gasteiger partial charge on any atom is 0.394 e. The van der Waals surface area contributed by atoms with Crippen LogP contribution in [0.15, 0.2) is 60.7 Å². The molecule has 0 heterocycles. The van der Waals surface area contributed by atoms with Gasteiger partial charge in [-0.2, -0.15) is 8.42 Å². The molecule has 0 spiro atoms. The molecule has 6 nitrogen and oxygen atoms in total. The van der Waals surface area contributed by atoms with Crippen molar-refractivity contribution in [2.75, 3.05) is 0 Å². The summed E-state index contributed by atoms with van der Waals surface area (Å²) in [6.45, 7) is 4.09. The molecule has 0 fully saturated rings. The van der Waals surface area contributed by atoms with Crippen molar-refractivity contribution in [3.05, 3.63) is 71.8 Å². The summed E-state index contributed by atoms with van der Waals surface area (Å²) in [5.74, 6) is 0. The summed E-state index contributed by atoms with van der Waals surface area (Å²) in [5, 5.41) is 0. The Bertz CT molecular complexity index is 635. The number of nitrogens with two attached hydrogens (primary N) is 2. The predicted octanol–water partition coefficient (Wildman–Crippen LogP) is 3.28. The van der Waals surface area contributed by atoms with Gasteiger partial charge in [0.1, 0.15) is 0 Å². The molecule has 2 rings (SSSR count). The molecule has 2 aromatic rings. The van der Waals surface area contributed by atoms with Crippen LogP contribution < -0.4 is 11.5 Å². The highest BCUT2D eigenvalue weighted by molar-refractivity contribution is 7.79. The van der Waals surface area contributed by atoms with Gasteiger partial charge in [0.2, 0.25) is 0 Å². The van der Waals surface area contributed by atoms with Crippen molar-refractivity contribution in [2.24, 2.45) is 11.5 Å². The van der Waals surface area contributed by atoms with E-state index in [1.165, 1.54) is 11.1 Å². The van der Waals surface area contributed by atoms with Gasteiger partial charge in [0, 0.05) is 12.1 Å². The van der Waals surface area contributed by atoms with Crippen LogP contribution in [0.1, 0.15) is 37.8 Å². The fourth-order valence-corrected chi connectivity index (χ4v) is 2.08. The van der Waals surface area contributed by atoms with Crippen LogP contribution in [0.3, 0.4) is 0 Å². The molecule has 0 radical (unpaired) electrons. The average molecular weight is 397 g/mol. The van der Waals surface area contributed by atoms with E-state index in [1.807, 2.05) is 26.0 Å². The maximum atomic E-state index is 8.74. The Morgan fingerprint density at radius 1 is 0.741 bits per heavy atom. The van der Waals surface area contributed by atoms with Gasteiger partial charge >= 0.3 is 10.4 Å². The van der Waals surface area contributed by atoms with Gasteiger partial charge in [0.25, 0.3) is 0 Å². The normalized spacial score (nSPS) is 12.7. The molecule has 0 saturated carbocycles. The second-order valence-electron chi connectivity index (χ2n) is 6.45. The molecule has 2 aromatic carbocycles. The SMILES string of the molecule is CC(N)CCc1ccccc1.CC(N)CCc1ccccc1.O=S(=O)(O)O. The number of benzene rings is 2. The third-order valence-electron chi connectivity index (χ3n) is 3.46. The lowest BCUT2D eigenvalue weighted by atomic mass is 10.1. The van der Waals surface area contributed by atoms with E-state index < -0.39 is 10.4 Å². The minimum atomic E-state index is -4.67. The van der Waals surface area contributed by atoms with E-state index in [2.05, 4.69) is 48.5 Å². The van der Waals surface area contributed by atoms with E-state index in [9.17, 15) is 0 Å². The monoisotopic (exact) mass is 396 g/mol. The molecule has 6 N–H and O–H groups in total. The topological polar surface area (TPSA) is 127 Å². The number of hydrogen-bond acceptors (Lipinski definition) is 4. The zero-order chi connectivity index (χ0) is 20.7. The van der Waals surface area contributed by atoms with E-state index in [0.29, 0.717) is 12.1 Å². The van der Waals surface area contributed by atoms with Crippen molar-refractivity contribution >= 4 is 10.4 Å². The van der Waals surface area contributed by atoms with Crippen LogP contribution in [0.4, 0.5) is 0 Å². The quantitative estimate of drug-likeness (QED) is 0.555. The van der Waals surface area contributed by atoms with Crippen LogP contribution in [0.2, 0.25) is 0 Å². The fourth-order valence-electron chi connectivity index (χ4n) is 2.08. The van der Waals surface area contributed by atoms with Crippen LogP contribution >= 0.6 is 0 Å². The maximum absolute atomic E-state index is 8.74. The Morgan fingerprint density at radius 3 is 1.22 bits per heavy atom. The van der Waals surface area contributed by atoms with Crippen LogP contribution in [0, 0.1) is 0 Å². The molecule has 152 valence electrons. The Balaban J connectivity index is 0.000000405. The van der Waals surface area contributed by atoms with Crippen LogP contribution in [-0.4, -0.2) is 29.6 Å². The molecule has 0 amide bonds. The Labute approximate surface area is 163 Å². The first-order chi connectivity index (χ1) is 12.6. The van der Waals surface area contributed by atoms with Crippen molar-refractivity contribution in [2.45, 2.75) is 51.6 Å². The summed E-state index contributed by atoms with van der Waals surface area (Å²) >= 11 is 0. The first-order valence-corrected chi connectivity index (χ1v) is 10.3. The van der Waals surface area contributed by atoms with Gasteiger partial charge in [-0.25, -0.2) is 0 Å². The molecule has 7 heteroatoms. The summed E-state index contributed by atoms with van der Waals surface area (Å²) in [5.41, 5.74) is 14.0. The van der Waals surface area contributed by atoms with Crippen molar-refractivity contribution in [3.8, 4) is 0 Å².